The molecule has 1 aromatic rings. The molecule has 0 aromatic heterocycles. The molecule has 2 unspecified atom stereocenters. The first kappa shape index (κ1) is 21.6. The standard InChI is InChI=1S/C15H16F6N2O3/c1-3-8(12(13(25)26)23-6(2)24)7-4-9(14(16,17)18)11(22)10(5-7)15(19,20)21/h4-5,8,12H,3,22H2,1-2H3,(H,23,24)(H,25,26). The van der Waals surface area contributed by atoms with Crippen LogP contribution in [0, 0.1) is 0 Å². The van der Waals surface area contributed by atoms with E-state index in [1.165, 1.54) is 6.92 Å². The highest BCUT2D eigenvalue weighted by atomic mass is 19.4. The number of nitrogen functional groups attached to an aromatic ring is 1. The zero-order valence-electron chi connectivity index (χ0n) is 13.6. The van der Waals surface area contributed by atoms with Gasteiger partial charge in [-0.1, -0.05) is 6.92 Å². The first-order chi connectivity index (χ1) is 11.7. The molecule has 2 atom stereocenters. The summed E-state index contributed by atoms with van der Waals surface area (Å²) in [7, 11) is 0. The number of aliphatic carboxylic acids is 1. The molecule has 0 bridgehead atoms. The van der Waals surface area contributed by atoms with E-state index in [9.17, 15) is 41.0 Å². The molecule has 1 rings (SSSR count). The molecular formula is C15H16F6N2O3. The number of carbonyl (C=O) groups is 2. The molecule has 1 aromatic carbocycles. The van der Waals surface area contributed by atoms with Crippen molar-refractivity contribution >= 4 is 17.6 Å². The van der Waals surface area contributed by atoms with Gasteiger partial charge in [0.25, 0.3) is 0 Å². The van der Waals surface area contributed by atoms with Crippen LogP contribution in [0.1, 0.15) is 42.9 Å². The van der Waals surface area contributed by atoms with Crippen LogP contribution in [0.25, 0.3) is 0 Å². The number of carbonyl (C=O) groups excluding carboxylic acids is 1. The third-order valence-electron chi connectivity index (χ3n) is 3.71. The van der Waals surface area contributed by atoms with Crippen LogP contribution in [-0.2, 0) is 21.9 Å². The Balaban J connectivity index is 3.68. The summed E-state index contributed by atoms with van der Waals surface area (Å²) < 4.78 is 78.6. The quantitative estimate of drug-likeness (QED) is 0.534. The van der Waals surface area contributed by atoms with E-state index in [0.29, 0.717) is 12.1 Å². The number of benzene rings is 1. The molecule has 0 aliphatic carbocycles. The Morgan fingerprint density at radius 1 is 1.12 bits per heavy atom. The summed E-state index contributed by atoms with van der Waals surface area (Å²) in [6.07, 6.45) is -10.5. The largest absolute Gasteiger partial charge is 0.480 e. The minimum atomic E-state index is -5.18. The van der Waals surface area contributed by atoms with Crippen LogP contribution in [0.15, 0.2) is 12.1 Å². The van der Waals surface area contributed by atoms with Gasteiger partial charge in [-0.25, -0.2) is 4.79 Å². The molecule has 0 heterocycles. The van der Waals surface area contributed by atoms with Gasteiger partial charge < -0.3 is 16.2 Å². The van der Waals surface area contributed by atoms with Crippen molar-refractivity contribution in [3.05, 3.63) is 28.8 Å². The first-order valence-corrected chi connectivity index (χ1v) is 7.27. The van der Waals surface area contributed by atoms with Crippen LogP contribution in [0.2, 0.25) is 0 Å². The number of hydrogen-bond acceptors (Lipinski definition) is 3. The number of halogens is 6. The molecule has 11 heteroatoms. The maximum atomic E-state index is 13.1. The molecule has 0 aliphatic heterocycles. The number of carboxylic acid groups (broad SMARTS) is 1. The highest BCUT2D eigenvalue weighted by Gasteiger charge is 2.42. The Bertz CT molecular complexity index is 665. The van der Waals surface area contributed by atoms with Crippen LogP contribution >= 0.6 is 0 Å². The Hall–Kier alpha value is -2.46. The Labute approximate surface area is 144 Å². The van der Waals surface area contributed by atoms with Crippen molar-refractivity contribution in [1.82, 2.24) is 5.32 Å². The third kappa shape index (κ3) is 4.79. The lowest BCUT2D eigenvalue weighted by Gasteiger charge is -2.26. The van der Waals surface area contributed by atoms with Gasteiger partial charge in [-0.3, -0.25) is 4.79 Å². The summed E-state index contributed by atoms with van der Waals surface area (Å²) in [4.78, 5) is 22.5. The number of nitrogens with two attached hydrogens (primary N) is 1. The van der Waals surface area contributed by atoms with E-state index < -0.39 is 58.6 Å². The maximum absolute atomic E-state index is 13.1. The lowest BCUT2D eigenvalue weighted by Crippen LogP contribution is -2.44. The summed E-state index contributed by atoms with van der Waals surface area (Å²) in [5.74, 6) is -3.72. The SMILES string of the molecule is CCC(c1cc(C(F)(F)F)c(N)c(C(F)(F)F)c1)C(NC(C)=O)C(=O)O. The molecule has 0 spiro atoms. The van der Waals surface area contributed by atoms with Crippen molar-refractivity contribution < 1.29 is 41.0 Å². The molecule has 4 N–H and O–H groups in total. The van der Waals surface area contributed by atoms with Gasteiger partial charge in [-0.2, -0.15) is 26.3 Å². The number of rotatable bonds is 5. The predicted octanol–water partition coefficient (Wildman–Crippen LogP) is 3.39. The molecule has 0 radical (unpaired) electrons. The van der Waals surface area contributed by atoms with E-state index >= 15 is 0 Å². The van der Waals surface area contributed by atoms with E-state index in [4.69, 9.17) is 5.73 Å². The fraction of sp³-hybridized carbons (Fsp3) is 0.467. The van der Waals surface area contributed by atoms with Gasteiger partial charge in [-0.05, 0) is 24.1 Å². The Morgan fingerprint density at radius 2 is 1.54 bits per heavy atom. The number of carboxylic acids is 1. The van der Waals surface area contributed by atoms with Crippen LogP contribution in [0.5, 0.6) is 0 Å². The summed E-state index contributed by atoms with van der Waals surface area (Å²) in [5, 5.41) is 11.2. The van der Waals surface area contributed by atoms with E-state index in [1.54, 1.807) is 0 Å². The van der Waals surface area contributed by atoms with Gasteiger partial charge in [0.2, 0.25) is 5.91 Å². The van der Waals surface area contributed by atoms with Crippen molar-refractivity contribution in [1.29, 1.82) is 0 Å². The second-order valence-electron chi connectivity index (χ2n) is 5.56. The van der Waals surface area contributed by atoms with E-state index in [0.717, 1.165) is 6.92 Å². The average molecular weight is 386 g/mol. The Kier molecular flexibility index (Phi) is 6.16. The van der Waals surface area contributed by atoms with Crippen LogP contribution in [0.4, 0.5) is 32.0 Å². The zero-order valence-corrected chi connectivity index (χ0v) is 13.6. The summed E-state index contributed by atoms with van der Waals surface area (Å²) in [5.41, 5.74) is -0.404. The molecule has 0 saturated heterocycles. The second kappa shape index (κ2) is 7.42. The molecule has 1 amide bonds. The van der Waals surface area contributed by atoms with Crippen LogP contribution in [0.3, 0.4) is 0 Å². The molecule has 146 valence electrons. The van der Waals surface area contributed by atoms with Crippen molar-refractivity contribution in [2.45, 2.75) is 44.6 Å². The highest BCUT2D eigenvalue weighted by molar-refractivity contribution is 5.83. The number of alkyl halides is 6. The number of anilines is 1. The maximum Gasteiger partial charge on any atom is 0.418 e. The van der Waals surface area contributed by atoms with Gasteiger partial charge in [0.1, 0.15) is 6.04 Å². The molecule has 0 fully saturated rings. The van der Waals surface area contributed by atoms with Crippen molar-refractivity contribution in [3.8, 4) is 0 Å². The molecule has 0 aliphatic rings. The van der Waals surface area contributed by atoms with E-state index in [2.05, 4.69) is 0 Å². The fourth-order valence-corrected chi connectivity index (χ4v) is 2.58. The number of nitrogens with one attached hydrogen (secondary N) is 1. The second-order valence-corrected chi connectivity index (χ2v) is 5.56. The topological polar surface area (TPSA) is 92.4 Å². The summed E-state index contributed by atoms with van der Waals surface area (Å²) >= 11 is 0. The smallest absolute Gasteiger partial charge is 0.418 e. The lowest BCUT2D eigenvalue weighted by molar-refractivity contribution is -0.142. The van der Waals surface area contributed by atoms with Gasteiger partial charge in [-0.15, -0.1) is 0 Å². The zero-order chi connectivity index (χ0) is 20.4. The third-order valence-corrected chi connectivity index (χ3v) is 3.71. The average Bonchev–Trinajstić information content (AvgIpc) is 2.45. The minimum Gasteiger partial charge on any atom is -0.480 e. The van der Waals surface area contributed by atoms with Crippen LogP contribution in [-0.4, -0.2) is 23.0 Å². The van der Waals surface area contributed by atoms with Crippen LogP contribution < -0.4 is 11.1 Å². The fourth-order valence-electron chi connectivity index (χ4n) is 2.58. The summed E-state index contributed by atoms with van der Waals surface area (Å²) in [6.45, 7) is 2.35. The first-order valence-electron chi connectivity index (χ1n) is 7.27. The predicted molar refractivity (Wildman–Crippen MR) is 79.1 cm³/mol. The number of hydrogen-bond donors (Lipinski definition) is 3. The van der Waals surface area contributed by atoms with Gasteiger partial charge in [0, 0.05) is 12.8 Å². The van der Waals surface area contributed by atoms with Crippen molar-refractivity contribution in [2.75, 3.05) is 5.73 Å². The lowest BCUT2D eigenvalue weighted by atomic mass is 9.86. The van der Waals surface area contributed by atoms with Gasteiger partial charge in [0.15, 0.2) is 0 Å². The normalized spacial score (nSPS) is 14.6. The van der Waals surface area contributed by atoms with Crippen molar-refractivity contribution in [2.24, 2.45) is 0 Å². The molecule has 26 heavy (non-hydrogen) atoms. The molecule has 5 nitrogen and oxygen atoms in total. The molecule has 0 saturated carbocycles. The van der Waals surface area contributed by atoms with Gasteiger partial charge >= 0.3 is 18.3 Å². The summed E-state index contributed by atoms with van der Waals surface area (Å²) in [6, 6.07) is -0.934. The highest BCUT2D eigenvalue weighted by Crippen LogP contribution is 2.43. The number of amides is 1. The minimum absolute atomic E-state index is 0.143. The van der Waals surface area contributed by atoms with Crippen molar-refractivity contribution in [3.63, 3.8) is 0 Å². The molecular weight excluding hydrogens is 370 g/mol. The Morgan fingerprint density at radius 3 is 1.81 bits per heavy atom. The van der Waals surface area contributed by atoms with E-state index in [-0.39, 0.29) is 6.42 Å². The van der Waals surface area contributed by atoms with Gasteiger partial charge in [0.05, 0.1) is 16.8 Å². The monoisotopic (exact) mass is 386 g/mol. The van der Waals surface area contributed by atoms with E-state index in [1.807, 2.05) is 5.32 Å².